The maximum absolute atomic E-state index is 5.79. The number of aromatic nitrogens is 3. The zero-order valence-corrected chi connectivity index (χ0v) is 16.7. The van der Waals surface area contributed by atoms with Crippen LogP contribution in [0.25, 0.3) is 17.2 Å². The predicted octanol–water partition coefficient (Wildman–Crippen LogP) is 1.51. The number of nitrogens with two attached hydrogens (primary N) is 1. The van der Waals surface area contributed by atoms with E-state index in [1.54, 1.807) is 38.8 Å². The molecule has 0 saturated heterocycles. The molecule has 0 amide bonds. The summed E-state index contributed by atoms with van der Waals surface area (Å²) < 4.78 is 15.8. The first-order chi connectivity index (χ1) is 14.1. The molecule has 0 fully saturated rings. The molecule has 1 aromatic carbocycles. The topological polar surface area (TPSA) is 135 Å². The van der Waals surface area contributed by atoms with Gasteiger partial charge in [-0.15, -0.1) is 0 Å². The molecular weight excluding hydrogens is 394 g/mol. The highest BCUT2D eigenvalue weighted by Gasteiger charge is 2.13. The summed E-state index contributed by atoms with van der Waals surface area (Å²) in [6.07, 6.45) is 3.12. The molecule has 29 heavy (non-hydrogen) atoms. The molecule has 0 bridgehead atoms. The molecule has 3 aromatic rings. The van der Waals surface area contributed by atoms with Crippen molar-refractivity contribution in [2.75, 3.05) is 14.2 Å². The van der Waals surface area contributed by atoms with E-state index in [0.717, 1.165) is 5.56 Å². The van der Waals surface area contributed by atoms with E-state index in [9.17, 15) is 0 Å². The van der Waals surface area contributed by atoms with Crippen LogP contribution in [0.15, 0.2) is 47.2 Å². The van der Waals surface area contributed by atoms with E-state index in [2.05, 4.69) is 31.6 Å². The summed E-state index contributed by atoms with van der Waals surface area (Å²) in [5, 5.41) is 6.92. The average molecular weight is 415 g/mol. The lowest BCUT2D eigenvalue weighted by molar-refractivity contribution is 0.354. The van der Waals surface area contributed by atoms with Gasteiger partial charge in [-0.05, 0) is 29.8 Å². The van der Waals surface area contributed by atoms with Crippen LogP contribution in [0.5, 0.6) is 11.5 Å². The Labute approximate surface area is 172 Å². The van der Waals surface area contributed by atoms with E-state index < -0.39 is 0 Å². The first-order valence-corrected chi connectivity index (χ1v) is 8.94. The number of furan rings is 1. The Kier molecular flexibility index (Phi) is 6.79. The van der Waals surface area contributed by atoms with Crippen LogP contribution < -0.4 is 31.6 Å². The predicted molar refractivity (Wildman–Crippen MR) is 112 cm³/mol. The number of hydrazine groups is 2. The van der Waals surface area contributed by atoms with Crippen LogP contribution in [0.1, 0.15) is 11.4 Å². The molecule has 2 aromatic heterocycles. The molecule has 11 heteroatoms. The van der Waals surface area contributed by atoms with E-state index in [1.165, 1.54) is 0 Å². The number of thiocarbonyl (C=S) groups is 1. The number of H-pyrrole nitrogens is 1. The maximum atomic E-state index is 5.79. The van der Waals surface area contributed by atoms with E-state index in [0.29, 0.717) is 41.0 Å². The third kappa shape index (κ3) is 5.10. The van der Waals surface area contributed by atoms with Crippen molar-refractivity contribution in [2.45, 2.75) is 6.54 Å². The average Bonchev–Trinajstić information content (AvgIpc) is 3.41. The summed E-state index contributed by atoms with van der Waals surface area (Å²) in [5.41, 5.74) is 16.0. The SMILES string of the molecule is COc1ccc(CNNN/C=C(/C(N)=S)c2n[nH]c(-c3ccco3)n2)cc1OC. The zero-order valence-electron chi connectivity index (χ0n) is 15.9. The van der Waals surface area contributed by atoms with Gasteiger partial charge >= 0.3 is 0 Å². The standard InChI is InChI=1S/C18H21N7O3S/c1-26-13-6-5-11(8-15(13)27-2)9-20-25-21-10-12(16(19)29)17-22-18(24-23-17)14-4-3-7-28-14/h3-8,10,20-21,25H,9H2,1-2H3,(H2,19,29)(H,22,23,24)/b12-10-. The van der Waals surface area contributed by atoms with Crippen LogP contribution >= 0.6 is 12.2 Å². The molecule has 0 aliphatic carbocycles. The van der Waals surface area contributed by atoms with Crippen molar-refractivity contribution in [1.29, 1.82) is 0 Å². The Bertz CT molecular complexity index is 985. The van der Waals surface area contributed by atoms with Gasteiger partial charge in [-0.1, -0.05) is 18.3 Å². The highest BCUT2D eigenvalue weighted by molar-refractivity contribution is 7.81. The van der Waals surface area contributed by atoms with Crippen LogP contribution in [0, 0.1) is 0 Å². The minimum absolute atomic E-state index is 0.143. The van der Waals surface area contributed by atoms with Gasteiger partial charge in [0, 0.05) is 12.7 Å². The smallest absolute Gasteiger partial charge is 0.192 e. The molecule has 0 radical (unpaired) electrons. The molecule has 0 saturated carbocycles. The molecule has 0 aliphatic heterocycles. The Morgan fingerprint density at radius 1 is 1.28 bits per heavy atom. The number of benzene rings is 1. The van der Waals surface area contributed by atoms with Gasteiger partial charge in [-0.3, -0.25) is 5.10 Å². The van der Waals surface area contributed by atoms with Gasteiger partial charge in [-0.2, -0.15) is 10.6 Å². The Balaban J connectivity index is 1.57. The highest BCUT2D eigenvalue weighted by Crippen LogP contribution is 2.27. The summed E-state index contributed by atoms with van der Waals surface area (Å²) in [6.45, 7) is 0.521. The van der Waals surface area contributed by atoms with Gasteiger partial charge in [0.15, 0.2) is 28.9 Å². The molecule has 0 unspecified atom stereocenters. The number of ether oxygens (including phenoxy) is 2. The summed E-state index contributed by atoms with van der Waals surface area (Å²) in [6, 6.07) is 9.18. The summed E-state index contributed by atoms with van der Waals surface area (Å²) in [5.74, 6) is 2.72. The Morgan fingerprint density at radius 3 is 2.79 bits per heavy atom. The number of hydrogen-bond donors (Lipinski definition) is 5. The number of methoxy groups -OCH3 is 2. The van der Waals surface area contributed by atoms with Crippen molar-refractivity contribution in [3.8, 4) is 23.1 Å². The van der Waals surface area contributed by atoms with Crippen molar-refractivity contribution in [3.05, 3.63) is 54.2 Å². The minimum atomic E-state index is 0.143. The molecule has 6 N–H and O–H groups in total. The van der Waals surface area contributed by atoms with Crippen LogP contribution in [0.4, 0.5) is 0 Å². The van der Waals surface area contributed by atoms with Gasteiger partial charge in [0.25, 0.3) is 0 Å². The van der Waals surface area contributed by atoms with E-state index in [4.69, 9.17) is 31.8 Å². The third-order valence-corrected chi connectivity index (χ3v) is 4.08. The first kappa shape index (κ1) is 20.3. The fraction of sp³-hybridized carbons (Fsp3) is 0.167. The quantitative estimate of drug-likeness (QED) is 0.143. The number of rotatable bonds is 10. The van der Waals surface area contributed by atoms with Gasteiger partial charge in [-0.25, -0.2) is 10.4 Å². The molecule has 152 valence electrons. The lowest BCUT2D eigenvalue weighted by Gasteiger charge is -2.11. The van der Waals surface area contributed by atoms with Crippen LogP contribution in [-0.2, 0) is 6.54 Å². The molecule has 0 aliphatic rings. The van der Waals surface area contributed by atoms with Crippen LogP contribution in [0.2, 0.25) is 0 Å². The van der Waals surface area contributed by atoms with Crippen molar-refractivity contribution in [3.63, 3.8) is 0 Å². The third-order valence-electron chi connectivity index (χ3n) is 3.86. The van der Waals surface area contributed by atoms with Crippen LogP contribution in [0.3, 0.4) is 0 Å². The van der Waals surface area contributed by atoms with Gasteiger partial charge in [0.1, 0.15) is 4.99 Å². The lowest BCUT2D eigenvalue weighted by atomic mass is 10.2. The van der Waals surface area contributed by atoms with Gasteiger partial charge in [0.05, 0.1) is 26.1 Å². The molecule has 0 spiro atoms. The van der Waals surface area contributed by atoms with Crippen molar-refractivity contribution in [1.82, 2.24) is 31.6 Å². The molecule has 0 atom stereocenters. The summed E-state index contributed by atoms with van der Waals surface area (Å²) in [4.78, 5) is 4.49. The Hall–Kier alpha value is -3.41. The van der Waals surface area contributed by atoms with E-state index in [1.807, 2.05) is 18.2 Å². The second-order valence-electron chi connectivity index (χ2n) is 5.72. The number of nitrogens with zero attached hydrogens (tertiary/aromatic N) is 2. The monoisotopic (exact) mass is 415 g/mol. The molecule has 2 heterocycles. The largest absolute Gasteiger partial charge is 0.493 e. The fourth-order valence-corrected chi connectivity index (χ4v) is 2.60. The maximum Gasteiger partial charge on any atom is 0.192 e. The summed E-state index contributed by atoms with van der Waals surface area (Å²) >= 11 is 5.09. The summed E-state index contributed by atoms with van der Waals surface area (Å²) in [7, 11) is 3.19. The second-order valence-corrected chi connectivity index (χ2v) is 6.16. The van der Waals surface area contributed by atoms with Crippen molar-refractivity contribution in [2.24, 2.45) is 5.73 Å². The lowest BCUT2D eigenvalue weighted by Crippen LogP contribution is -2.40. The second kappa shape index (κ2) is 9.68. The fourth-order valence-electron chi connectivity index (χ4n) is 2.45. The van der Waals surface area contributed by atoms with Crippen LogP contribution in [-0.4, -0.2) is 34.4 Å². The van der Waals surface area contributed by atoms with Gasteiger partial charge < -0.3 is 25.1 Å². The highest BCUT2D eigenvalue weighted by atomic mass is 32.1. The van der Waals surface area contributed by atoms with Crippen molar-refractivity contribution >= 4 is 22.8 Å². The zero-order chi connectivity index (χ0) is 20.6. The van der Waals surface area contributed by atoms with E-state index in [-0.39, 0.29) is 4.99 Å². The van der Waals surface area contributed by atoms with E-state index >= 15 is 0 Å². The Morgan fingerprint density at radius 2 is 2.10 bits per heavy atom. The normalized spacial score (nSPS) is 11.3. The molecule has 3 rings (SSSR count). The molecular formula is C18H21N7O3S. The number of hydrogen-bond acceptors (Lipinski definition) is 9. The molecule has 10 nitrogen and oxygen atoms in total. The first-order valence-electron chi connectivity index (χ1n) is 8.53. The number of nitrogens with one attached hydrogen (secondary N) is 4. The van der Waals surface area contributed by atoms with Gasteiger partial charge in [0.2, 0.25) is 0 Å². The van der Waals surface area contributed by atoms with Crippen molar-refractivity contribution < 1.29 is 13.9 Å². The minimum Gasteiger partial charge on any atom is -0.493 e. The number of aromatic amines is 1.